The minimum Gasteiger partial charge on any atom is -0.393 e. The van der Waals surface area contributed by atoms with Crippen molar-refractivity contribution in [3.8, 4) is 0 Å². The number of hydrogen-bond donors (Lipinski definition) is 1. The lowest BCUT2D eigenvalue weighted by Gasteiger charge is -2.20. The van der Waals surface area contributed by atoms with Crippen molar-refractivity contribution in [2.75, 3.05) is 0 Å². The molecule has 1 rings (SSSR count). The molecule has 1 nitrogen and oxygen atoms in total. The maximum Gasteiger partial charge on any atom is 0.0805 e. The molecule has 0 aromatic heterocycles. The van der Waals surface area contributed by atoms with E-state index in [9.17, 15) is 0 Å². The summed E-state index contributed by atoms with van der Waals surface area (Å²) in [6.07, 6.45) is 0. The molecule has 0 aliphatic carbocycles. The fourth-order valence-electron chi connectivity index (χ4n) is 1.74. The Labute approximate surface area is 91.3 Å². The minimum absolute atomic E-state index is 0.199. The van der Waals surface area contributed by atoms with Crippen molar-refractivity contribution in [2.24, 2.45) is 11.7 Å². The van der Waals surface area contributed by atoms with Gasteiger partial charge in [0.05, 0.1) is 4.99 Å². The van der Waals surface area contributed by atoms with E-state index in [1.165, 1.54) is 11.1 Å². The maximum atomic E-state index is 5.75. The molecule has 0 radical (unpaired) electrons. The number of benzene rings is 1. The van der Waals surface area contributed by atoms with Crippen LogP contribution in [0.25, 0.3) is 0 Å². The Morgan fingerprint density at radius 2 is 2.00 bits per heavy atom. The fraction of sp³-hybridized carbons (Fsp3) is 0.417. The maximum absolute atomic E-state index is 5.75. The first-order valence-electron chi connectivity index (χ1n) is 4.88. The predicted molar refractivity (Wildman–Crippen MR) is 65.5 cm³/mol. The van der Waals surface area contributed by atoms with Crippen molar-refractivity contribution in [1.29, 1.82) is 0 Å². The van der Waals surface area contributed by atoms with Crippen LogP contribution in [0.2, 0.25) is 0 Å². The summed E-state index contributed by atoms with van der Waals surface area (Å²) < 4.78 is 0. The zero-order chi connectivity index (χ0) is 10.7. The fourth-order valence-corrected chi connectivity index (χ4v) is 2.15. The van der Waals surface area contributed by atoms with E-state index in [2.05, 4.69) is 45.0 Å². The zero-order valence-electron chi connectivity index (χ0n) is 8.95. The molecule has 0 saturated heterocycles. The first-order chi connectivity index (χ1) is 6.52. The van der Waals surface area contributed by atoms with Gasteiger partial charge in [0.2, 0.25) is 0 Å². The van der Waals surface area contributed by atoms with Crippen molar-refractivity contribution in [1.82, 2.24) is 0 Å². The second kappa shape index (κ2) is 4.56. The van der Waals surface area contributed by atoms with Crippen LogP contribution in [-0.2, 0) is 0 Å². The van der Waals surface area contributed by atoms with Crippen molar-refractivity contribution < 1.29 is 0 Å². The van der Waals surface area contributed by atoms with E-state index >= 15 is 0 Å². The minimum atomic E-state index is 0.199. The largest absolute Gasteiger partial charge is 0.393 e. The van der Waals surface area contributed by atoms with Gasteiger partial charge in [-0.1, -0.05) is 55.9 Å². The first-order valence-corrected chi connectivity index (χ1v) is 5.29. The second-order valence-electron chi connectivity index (χ2n) is 4.04. The van der Waals surface area contributed by atoms with Crippen LogP contribution < -0.4 is 5.73 Å². The highest BCUT2D eigenvalue weighted by atomic mass is 32.1. The summed E-state index contributed by atoms with van der Waals surface area (Å²) in [5, 5.41) is 0. The molecule has 0 heterocycles. The molecular weight excluding hydrogens is 190 g/mol. The van der Waals surface area contributed by atoms with E-state index in [0.717, 1.165) is 0 Å². The second-order valence-corrected chi connectivity index (χ2v) is 4.51. The lowest BCUT2D eigenvalue weighted by Crippen LogP contribution is -2.23. The van der Waals surface area contributed by atoms with Gasteiger partial charge in [-0.25, -0.2) is 0 Å². The Morgan fingerprint density at radius 3 is 2.43 bits per heavy atom. The van der Waals surface area contributed by atoms with Gasteiger partial charge in [-0.3, -0.25) is 0 Å². The van der Waals surface area contributed by atoms with Crippen molar-refractivity contribution >= 4 is 17.2 Å². The molecule has 1 aromatic rings. The standard InChI is InChI=1S/C12H17NS/c1-8(2)11(12(13)14)10-6-4-5-9(3)7-10/h4-8,11H,1-3H3,(H2,13,14). The van der Waals surface area contributed by atoms with Crippen molar-refractivity contribution in [2.45, 2.75) is 26.7 Å². The molecule has 0 spiro atoms. The molecule has 2 heteroatoms. The van der Waals surface area contributed by atoms with Crippen LogP contribution in [0.3, 0.4) is 0 Å². The highest BCUT2D eigenvalue weighted by molar-refractivity contribution is 7.80. The van der Waals surface area contributed by atoms with Gasteiger partial charge in [0.1, 0.15) is 0 Å². The average Bonchev–Trinajstić information content (AvgIpc) is 2.02. The molecule has 0 amide bonds. The van der Waals surface area contributed by atoms with E-state index in [4.69, 9.17) is 18.0 Å². The molecule has 0 aliphatic heterocycles. The van der Waals surface area contributed by atoms with E-state index < -0.39 is 0 Å². The van der Waals surface area contributed by atoms with Gasteiger partial charge in [0, 0.05) is 5.92 Å². The SMILES string of the molecule is Cc1cccc(C(C(N)=S)C(C)C)c1. The summed E-state index contributed by atoms with van der Waals surface area (Å²) in [7, 11) is 0. The molecule has 2 N–H and O–H groups in total. The molecule has 1 unspecified atom stereocenters. The van der Waals surface area contributed by atoms with Gasteiger partial charge < -0.3 is 5.73 Å². The molecule has 1 atom stereocenters. The summed E-state index contributed by atoms with van der Waals surface area (Å²) in [5.41, 5.74) is 8.23. The Balaban J connectivity index is 3.05. The summed E-state index contributed by atoms with van der Waals surface area (Å²) in [6, 6.07) is 8.39. The van der Waals surface area contributed by atoms with E-state index in [1.54, 1.807) is 0 Å². The van der Waals surface area contributed by atoms with Crippen molar-refractivity contribution in [3.05, 3.63) is 35.4 Å². The first kappa shape index (κ1) is 11.2. The number of nitrogens with two attached hydrogens (primary N) is 1. The van der Waals surface area contributed by atoms with Gasteiger partial charge in [-0.05, 0) is 18.4 Å². The molecular formula is C12H17NS. The Bertz CT molecular complexity index is 331. The van der Waals surface area contributed by atoms with Crippen LogP contribution >= 0.6 is 12.2 Å². The van der Waals surface area contributed by atoms with Crippen LogP contribution in [0.5, 0.6) is 0 Å². The predicted octanol–water partition coefficient (Wildman–Crippen LogP) is 3.02. The molecule has 0 fully saturated rings. The van der Waals surface area contributed by atoms with E-state index in [-0.39, 0.29) is 5.92 Å². The molecule has 0 aliphatic rings. The summed E-state index contributed by atoms with van der Waals surface area (Å²) in [4.78, 5) is 0.589. The highest BCUT2D eigenvalue weighted by Crippen LogP contribution is 2.25. The van der Waals surface area contributed by atoms with Gasteiger partial charge in [0.25, 0.3) is 0 Å². The number of rotatable bonds is 3. The number of thiocarbonyl (C=S) groups is 1. The number of aryl methyl sites for hydroxylation is 1. The van der Waals surface area contributed by atoms with E-state index in [1.807, 2.05) is 0 Å². The monoisotopic (exact) mass is 207 g/mol. The van der Waals surface area contributed by atoms with Crippen LogP contribution in [0, 0.1) is 12.8 Å². The van der Waals surface area contributed by atoms with Gasteiger partial charge in [0.15, 0.2) is 0 Å². The molecule has 0 bridgehead atoms. The summed E-state index contributed by atoms with van der Waals surface area (Å²) >= 11 is 5.10. The van der Waals surface area contributed by atoms with Crippen LogP contribution in [-0.4, -0.2) is 4.99 Å². The number of hydrogen-bond acceptors (Lipinski definition) is 1. The van der Waals surface area contributed by atoms with Crippen LogP contribution in [0.1, 0.15) is 30.9 Å². The summed E-state index contributed by atoms with van der Waals surface area (Å²) in [6.45, 7) is 6.37. The lowest BCUT2D eigenvalue weighted by atomic mass is 9.88. The quantitative estimate of drug-likeness (QED) is 0.771. The Morgan fingerprint density at radius 1 is 1.36 bits per heavy atom. The molecule has 0 saturated carbocycles. The molecule has 14 heavy (non-hydrogen) atoms. The third kappa shape index (κ3) is 2.55. The van der Waals surface area contributed by atoms with Gasteiger partial charge in [-0.2, -0.15) is 0 Å². The zero-order valence-corrected chi connectivity index (χ0v) is 9.77. The highest BCUT2D eigenvalue weighted by Gasteiger charge is 2.18. The molecule has 76 valence electrons. The third-order valence-corrected chi connectivity index (χ3v) is 2.63. The topological polar surface area (TPSA) is 26.0 Å². The normalized spacial score (nSPS) is 12.9. The van der Waals surface area contributed by atoms with Crippen LogP contribution in [0.4, 0.5) is 0 Å². The van der Waals surface area contributed by atoms with E-state index in [0.29, 0.717) is 10.9 Å². The Kier molecular flexibility index (Phi) is 3.64. The van der Waals surface area contributed by atoms with Crippen LogP contribution in [0.15, 0.2) is 24.3 Å². The Hall–Kier alpha value is -0.890. The summed E-state index contributed by atoms with van der Waals surface area (Å²) in [5.74, 6) is 0.652. The van der Waals surface area contributed by atoms with Gasteiger partial charge >= 0.3 is 0 Å². The smallest absolute Gasteiger partial charge is 0.0805 e. The van der Waals surface area contributed by atoms with Gasteiger partial charge in [-0.15, -0.1) is 0 Å². The lowest BCUT2D eigenvalue weighted by molar-refractivity contribution is 0.604. The average molecular weight is 207 g/mol. The third-order valence-electron chi connectivity index (χ3n) is 2.37. The van der Waals surface area contributed by atoms with Crippen molar-refractivity contribution in [3.63, 3.8) is 0 Å². The molecule has 1 aromatic carbocycles.